The third kappa shape index (κ3) is 3.76. The van der Waals surface area contributed by atoms with Crippen molar-refractivity contribution in [3.05, 3.63) is 28.5 Å². The van der Waals surface area contributed by atoms with E-state index in [-0.39, 0.29) is 17.9 Å². The van der Waals surface area contributed by atoms with Gasteiger partial charge in [0, 0.05) is 31.7 Å². The van der Waals surface area contributed by atoms with Crippen LogP contribution in [0.4, 0.5) is 0 Å². The number of rotatable bonds is 4. The summed E-state index contributed by atoms with van der Waals surface area (Å²) in [6.45, 7) is 3.25. The SMILES string of the molecule is CC(CN1CCCC1=O)NC(=O)c1ccc(Br)nc1. The Bertz CT molecular complexity index is 475. The molecule has 1 aliphatic rings. The molecule has 0 spiro atoms. The molecule has 1 aromatic rings. The molecule has 1 aliphatic heterocycles. The van der Waals surface area contributed by atoms with E-state index in [0.29, 0.717) is 23.1 Å². The van der Waals surface area contributed by atoms with Gasteiger partial charge in [-0.2, -0.15) is 0 Å². The average molecular weight is 326 g/mol. The van der Waals surface area contributed by atoms with Gasteiger partial charge in [-0.1, -0.05) is 0 Å². The van der Waals surface area contributed by atoms with E-state index < -0.39 is 0 Å². The maximum absolute atomic E-state index is 12.0. The number of carbonyl (C=O) groups excluding carboxylic acids is 2. The lowest BCUT2D eigenvalue weighted by Gasteiger charge is -2.21. The molecule has 0 saturated carbocycles. The third-order valence-corrected chi connectivity index (χ3v) is 3.50. The van der Waals surface area contributed by atoms with Gasteiger partial charge in [-0.15, -0.1) is 0 Å². The molecule has 1 aromatic heterocycles. The number of carbonyl (C=O) groups is 2. The van der Waals surface area contributed by atoms with E-state index in [4.69, 9.17) is 0 Å². The summed E-state index contributed by atoms with van der Waals surface area (Å²) in [6.07, 6.45) is 3.06. The van der Waals surface area contributed by atoms with Gasteiger partial charge >= 0.3 is 0 Å². The zero-order valence-corrected chi connectivity index (χ0v) is 12.3. The molecule has 19 heavy (non-hydrogen) atoms. The van der Waals surface area contributed by atoms with Gasteiger partial charge in [-0.05, 0) is 41.4 Å². The molecule has 102 valence electrons. The van der Waals surface area contributed by atoms with Crippen LogP contribution in [0, 0.1) is 0 Å². The van der Waals surface area contributed by atoms with Crippen LogP contribution in [0.1, 0.15) is 30.1 Å². The van der Waals surface area contributed by atoms with Crippen molar-refractivity contribution in [2.24, 2.45) is 0 Å². The Balaban J connectivity index is 1.87. The molecule has 0 aliphatic carbocycles. The third-order valence-electron chi connectivity index (χ3n) is 3.03. The second-order valence-electron chi connectivity index (χ2n) is 4.69. The number of hydrogen-bond acceptors (Lipinski definition) is 3. The largest absolute Gasteiger partial charge is 0.348 e. The minimum Gasteiger partial charge on any atom is -0.348 e. The van der Waals surface area contributed by atoms with Gasteiger partial charge in [0.25, 0.3) is 5.91 Å². The van der Waals surface area contributed by atoms with Gasteiger partial charge in [0.1, 0.15) is 4.60 Å². The van der Waals surface area contributed by atoms with Crippen LogP contribution in [0.2, 0.25) is 0 Å². The Kier molecular flexibility index (Phi) is 4.52. The summed E-state index contributed by atoms with van der Waals surface area (Å²) in [4.78, 5) is 29.3. The smallest absolute Gasteiger partial charge is 0.253 e. The number of nitrogens with zero attached hydrogens (tertiary/aromatic N) is 2. The van der Waals surface area contributed by atoms with Gasteiger partial charge in [0.2, 0.25) is 5.91 Å². The number of aromatic nitrogens is 1. The van der Waals surface area contributed by atoms with Crippen LogP contribution in [-0.2, 0) is 4.79 Å². The fraction of sp³-hybridized carbons (Fsp3) is 0.462. The Hall–Kier alpha value is -1.43. The zero-order chi connectivity index (χ0) is 13.8. The molecule has 6 heteroatoms. The Morgan fingerprint density at radius 1 is 1.58 bits per heavy atom. The molecular weight excluding hydrogens is 310 g/mol. The molecule has 2 rings (SSSR count). The van der Waals surface area contributed by atoms with E-state index in [1.807, 2.05) is 6.92 Å². The lowest BCUT2D eigenvalue weighted by atomic mass is 10.2. The van der Waals surface area contributed by atoms with Gasteiger partial charge < -0.3 is 10.2 Å². The van der Waals surface area contributed by atoms with Crippen LogP contribution in [0.15, 0.2) is 22.9 Å². The molecule has 5 nitrogen and oxygen atoms in total. The molecule has 0 radical (unpaired) electrons. The summed E-state index contributed by atoms with van der Waals surface area (Å²) in [5.74, 6) is 0.00514. The monoisotopic (exact) mass is 325 g/mol. The van der Waals surface area contributed by atoms with Crippen molar-refractivity contribution < 1.29 is 9.59 Å². The Morgan fingerprint density at radius 3 is 2.95 bits per heavy atom. The van der Waals surface area contributed by atoms with Gasteiger partial charge in [-0.25, -0.2) is 4.98 Å². The van der Waals surface area contributed by atoms with Gasteiger partial charge in [0.15, 0.2) is 0 Å². The summed E-state index contributed by atoms with van der Waals surface area (Å²) in [7, 11) is 0. The number of likely N-dealkylation sites (tertiary alicyclic amines) is 1. The standard InChI is InChI=1S/C13H16BrN3O2/c1-9(8-17-6-2-3-12(17)18)16-13(19)10-4-5-11(14)15-7-10/h4-5,7,9H,2-3,6,8H2,1H3,(H,16,19). The minimum absolute atomic E-state index is 0.0711. The van der Waals surface area contributed by atoms with Crippen LogP contribution >= 0.6 is 15.9 Å². The quantitative estimate of drug-likeness (QED) is 0.855. The highest BCUT2D eigenvalue weighted by Gasteiger charge is 2.22. The highest BCUT2D eigenvalue weighted by Crippen LogP contribution is 2.10. The average Bonchev–Trinajstić information content (AvgIpc) is 2.75. The van der Waals surface area contributed by atoms with E-state index in [2.05, 4.69) is 26.2 Å². The molecule has 1 saturated heterocycles. The fourth-order valence-electron chi connectivity index (χ4n) is 2.09. The van der Waals surface area contributed by atoms with Crippen molar-refractivity contribution in [1.82, 2.24) is 15.2 Å². The molecule has 1 N–H and O–H groups in total. The molecule has 2 amide bonds. The molecule has 1 unspecified atom stereocenters. The summed E-state index contributed by atoms with van der Waals surface area (Å²) in [5, 5.41) is 2.87. The summed E-state index contributed by atoms with van der Waals surface area (Å²) in [5.41, 5.74) is 0.516. The number of amides is 2. The van der Waals surface area contributed by atoms with Crippen molar-refractivity contribution in [1.29, 1.82) is 0 Å². The summed E-state index contributed by atoms with van der Waals surface area (Å²) < 4.78 is 0.694. The topological polar surface area (TPSA) is 62.3 Å². The second-order valence-corrected chi connectivity index (χ2v) is 5.50. The first-order chi connectivity index (χ1) is 9.06. The maximum atomic E-state index is 12.0. The Labute approximate surface area is 120 Å². The highest BCUT2D eigenvalue weighted by atomic mass is 79.9. The maximum Gasteiger partial charge on any atom is 0.253 e. The molecule has 1 fully saturated rings. The number of pyridine rings is 1. The van der Waals surface area contributed by atoms with Crippen molar-refractivity contribution in [2.75, 3.05) is 13.1 Å². The van der Waals surface area contributed by atoms with E-state index in [9.17, 15) is 9.59 Å². The molecule has 2 heterocycles. The van der Waals surface area contributed by atoms with Crippen LogP contribution in [0.25, 0.3) is 0 Å². The highest BCUT2D eigenvalue weighted by molar-refractivity contribution is 9.10. The second kappa shape index (κ2) is 6.14. The van der Waals surface area contributed by atoms with Crippen LogP contribution in [0.3, 0.4) is 0 Å². The predicted molar refractivity (Wildman–Crippen MR) is 74.7 cm³/mol. The first-order valence-electron chi connectivity index (χ1n) is 6.26. The zero-order valence-electron chi connectivity index (χ0n) is 10.7. The van der Waals surface area contributed by atoms with Crippen molar-refractivity contribution >= 4 is 27.7 Å². The fourth-order valence-corrected chi connectivity index (χ4v) is 2.33. The van der Waals surface area contributed by atoms with Crippen molar-refractivity contribution in [3.63, 3.8) is 0 Å². The molecule has 1 atom stereocenters. The van der Waals surface area contributed by atoms with Crippen molar-refractivity contribution in [2.45, 2.75) is 25.8 Å². The van der Waals surface area contributed by atoms with Crippen LogP contribution < -0.4 is 5.32 Å². The van der Waals surface area contributed by atoms with E-state index in [1.165, 1.54) is 6.20 Å². The predicted octanol–water partition coefficient (Wildman–Crippen LogP) is 1.58. The van der Waals surface area contributed by atoms with E-state index in [1.54, 1.807) is 17.0 Å². The van der Waals surface area contributed by atoms with E-state index in [0.717, 1.165) is 13.0 Å². The van der Waals surface area contributed by atoms with Crippen LogP contribution in [0.5, 0.6) is 0 Å². The Morgan fingerprint density at radius 2 is 2.37 bits per heavy atom. The number of nitrogens with one attached hydrogen (secondary N) is 1. The van der Waals surface area contributed by atoms with Gasteiger partial charge in [0.05, 0.1) is 5.56 Å². The van der Waals surface area contributed by atoms with Gasteiger partial charge in [-0.3, -0.25) is 9.59 Å². The van der Waals surface area contributed by atoms with Crippen LogP contribution in [-0.4, -0.2) is 40.8 Å². The normalized spacial score (nSPS) is 16.5. The lowest BCUT2D eigenvalue weighted by Crippen LogP contribution is -2.42. The molecule has 0 aromatic carbocycles. The molecular formula is C13H16BrN3O2. The summed E-state index contributed by atoms with van der Waals surface area (Å²) >= 11 is 3.22. The number of hydrogen-bond donors (Lipinski definition) is 1. The molecule has 0 bridgehead atoms. The minimum atomic E-state index is -0.167. The van der Waals surface area contributed by atoms with E-state index >= 15 is 0 Å². The van der Waals surface area contributed by atoms with Crippen molar-refractivity contribution in [3.8, 4) is 0 Å². The summed E-state index contributed by atoms with van der Waals surface area (Å²) in [6, 6.07) is 3.36. The first-order valence-corrected chi connectivity index (χ1v) is 7.06. The lowest BCUT2D eigenvalue weighted by molar-refractivity contribution is -0.127. The first kappa shape index (κ1) is 14.0. The number of halogens is 1.